The molecule has 0 saturated heterocycles. The summed E-state index contributed by atoms with van der Waals surface area (Å²) in [6, 6.07) is 5.99. The maximum Gasteiger partial charge on any atom is 0.205 e. The van der Waals surface area contributed by atoms with E-state index in [0.29, 0.717) is 0 Å². The van der Waals surface area contributed by atoms with E-state index in [9.17, 15) is 0 Å². The van der Waals surface area contributed by atoms with Crippen LogP contribution in [-0.4, -0.2) is 33.7 Å². The average Bonchev–Trinajstić information content (AvgIpc) is 2.87. The molecule has 0 bridgehead atoms. The van der Waals surface area contributed by atoms with Crippen molar-refractivity contribution in [1.82, 2.24) is 20.1 Å². The van der Waals surface area contributed by atoms with Gasteiger partial charge in [0.25, 0.3) is 0 Å². The van der Waals surface area contributed by atoms with Crippen LogP contribution in [-0.2, 0) is 13.1 Å². The molecule has 0 spiro atoms. The molecule has 2 aromatic rings. The summed E-state index contributed by atoms with van der Waals surface area (Å²) in [6.45, 7) is 4.76. The Morgan fingerprint density at radius 3 is 2.78 bits per heavy atom. The first-order chi connectivity index (χ1) is 8.81. The minimum absolute atomic E-state index is 0.812. The van der Waals surface area contributed by atoms with Gasteiger partial charge < -0.3 is 5.32 Å². The van der Waals surface area contributed by atoms with Crippen molar-refractivity contribution in [1.29, 1.82) is 0 Å². The first-order valence-electron chi connectivity index (χ1n) is 5.94. The highest BCUT2D eigenvalue weighted by Crippen LogP contribution is 2.16. The molecule has 2 rings (SSSR count). The zero-order valence-electron chi connectivity index (χ0n) is 10.6. The first-order valence-corrected chi connectivity index (χ1v) is 6.76. The van der Waals surface area contributed by atoms with E-state index in [1.165, 1.54) is 0 Å². The molecule has 0 radical (unpaired) electrons. The van der Waals surface area contributed by atoms with E-state index in [-0.39, 0.29) is 0 Å². The van der Waals surface area contributed by atoms with Crippen molar-refractivity contribution in [2.24, 2.45) is 0 Å². The summed E-state index contributed by atoms with van der Waals surface area (Å²) in [7, 11) is 1.86. The summed E-state index contributed by atoms with van der Waals surface area (Å²) in [5.41, 5.74) is 1.08. The van der Waals surface area contributed by atoms with E-state index in [1.807, 2.05) is 31.4 Å². The minimum Gasteiger partial charge on any atom is -0.363 e. The second-order valence-electron chi connectivity index (χ2n) is 3.88. The van der Waals surface area contributed by atoms with Crippen LogP contribution in [0, 0.1) is 0 Å². The van der Waals surface area contributed by atoms with Gasteiger partial charge in [0.15, 0.2) is 0 Å². The predicted octanol–water partition coefficient (Wildman–Crippen LogP) is 2.00. The van der Waals surface area contributed by atoms with Crippen molar-refractivity contribution in [3.8, 4) is 0 Å². The van der Waals surface area contributed by atoms with Gasteiger partial charge in [0.2, 0.25) is 5.13 Å². The SMILES string of the molecule is CCN(Cc1ccccn1)Cc1nnc(NC)s1. The summed E-state index contributed by atoms with van der Waals surface area (Å²) < 4.78 is 0. The highest BCUT2D eigenvalue weighted by atomic mass is 32.1. The van der Waals surface area contributed by atoms with Crippen LogP contribution in [0.5, 0.6) is 0 Å². The summed E-state index contributed by atoms with van der Waals surface area (Å²) in [5, 5.41) is 13.1. The maximum absolute atomic E-state index is 4.34. The van der Waals surface area contributed by atoms with Crippen LogP contribution in [0.1, 0.15) is 17.6 Å². The van der Waals surface area contributed by atoms with Gasteiger partial charge in [0.1, 0.15) is 5.01 Å². The average molecular weight is 263 g/mol. The van der Waals surface area contributed by atoms with Crippen LogP contribution >= 0.6 is 11.3 Å². The van der Waals surface area contributed by atoms with Gasteiger partial charge in [0, 0.05) is 19.8 Å². The molecule has 0 aliphatic carbocycles. The third-order valence-corrected chi connectivity index (χ3v) is 3.52. The lowest BCUT2D eigenvalue weighted by Crippen LogP contribution is -2.22. The van der Waals surface area contributed by atoms with E-state index >= 15 is 0 Å². The number of nitrogens with zero attached hydrogens (tertiary/aromatic N) is 4. The van der Waals surface area contributed by atoms with Gasteiger partial charge in [-0.2, -0.15) is 0 Å². The number of rotatable bonds is 6. The molecule has 0 unspecified atom stereocenters. The van der Waals surface area contributed by atoms with Crippen molar-refractivity contribution >= 4 is 16.5 Å². The van der Waals surface area contributed by atoms with Crippen LogP contribution in [0.25, 0.3) is 0 Å². The molecule has 0 amide bonds. The van der Waals surface area contributed by atoms with E-state index in [0.717, 1.165) is 35.5 Å². The van der Waals surface area contributed by atoms with Crippen LogP contribution in [0.4, 0.5) is 5.13 Å². The third-order valence-electron chi connectivity index (χ3n) is 2.60. The first kappa shape index (κ1) is 12.9. The molecule has 1 N–H and O–H groups in total. The van der Waals surface area contributed by atoms with E-state index in [4.69, 9.17) is 0 Å². The zero-order valence-corrected chi connectivity index (χ0v) is 11.4. The molecule has 18 heavy (non-hydrogen) atoms. The highest BCUT2D eigenvalue weighted by Gasteiger charge is 2.09. The molecule has 6 heteroatoms. The molecule has 0 aromatic carbocycles. The molecule has 0 aliphatic heterocycles. The molecule has 0 saturated carbocycles. The van der Waals surface area contributed by atoms with Gasteiger partial charge in [-0.15, -0.1) is 10.2 Å². The largest absolute Gasteiger partial charge is 0.363 e. The molecule has 0 aliphatic rings. The fourth-order valence-electron chi connectivity index (χ4n) is 1.61. The van der Waals surface area contributed by atoms with Crippen molar-refractivity contribution in [3.63, 3.8) is 0 Å². The third kappa shape index (κ3) is 3.48. The number of aromatic nitrogens is 3. The second-order valence-corrected chi connectivity index (χ2v) is 4.94. The summed E-state index contributed by atoms with van der Waals surface area (Å²) in [6.07, 6.45) is 1.83. The normalized spacial score (nSPS) is 10.8. The van der Waals surface area contributed by atoms with Crippen LogP contribution in [0.2, 0.25) is 0 Å². The summed E-state index contributed by atoms with van der Waals surface area (Å²) in [5.74, 6) is 0. The number of hydrogen-bond acceptors (Lipinski definition) is 6. The van der Waals surface area contributed by atoms with E-state index in [2.05, 4.69) is 32.3 Å². The lowest BCUT2D eigenvalue weighted by atomic mass is 10.3. The smallest absolute Gasteiger partial charge is 0.205 e. The van der Waals surface area contributed by atoms with Crippen molar-refractivity contribution in [3.05, 3.63) is 35.1 Å². The summed E-state index contributed by atoms with van der Waals surface area (Å²) in [4.78, 5) is 6.64. The fourth-order valence-corrected chi connectivity index (χ4v) is 2.35. The van der Waals surface area contributed by atoms with Crippen LogP contribution < -0.4 is 5.32 Å². The lowest BCUT2D eigenvalue weighted by molar-refractivity contribution is 0.267. The van der Waals surface area contributed by atoms with Gasteiger partial charge in [-0.25, -0.2) is 0 Å². The van der Waals surface area contributed by atoms with E-state index in [1.54, 1.807) is 11.3 Å². The molecule has 96 valence electrons. The quantitative estimate of drug-likeness (QED) is 0.864. The van der Waals surface area contributed by atoms with Gasteiger partial charge >= 0.3 is 0 Å². The molecular formula is C12H17N5S. The number of nitrogens with one attached hydrogen (secondary N) is 1. The molecule has 2 aromatic heterocycles. The Morgan fingerprint density at radius 2 is 2.17 bits per heavy atom. The van der Waals surface area contributed by atoms with Crippen molar-refractivity contribution < 1.29 is 0 Å². The molecule has 5 nitrogen and oxygen atoms in total. The van der Waals surface area contributed by atoms with Gasteiger partial charge in [-0.05, 0) is 18.7 Å². The van der Waals surface area contributed by atoms with Gasteiger partial charge in [-0.3, -0.25) is 9.88 Å². The van der Waals surface area contributed by atoms with Gasteiger partial charge in [-0.1, -0.05) is 24.3 Å². The second kappa shape index (κ2) is 6.42. The predicted molar refractivity (Wildman–Crippen MR) is 73.5 cm³/mol. The fraction of sp³-hybridized carbons (Fsp3) is 0.417. The van der Waals surface area contributed by atoms with Crippen LogP contribution in [0.15, 0.2) is 24.4 Å². The molecule has 2 heterocycles. The Morgan fingerprint density at radius 1 is 1.28 bits per heavy atom. The molecular weight excluding hydrogens is 246 g/mol. The van der Waals surface area contributed by atoms with E-state index < -0.39 is 0 Å². The highest BCUT2D eigenvalue weighted by molar-refractivity contribution is 7.15. The molecule has 0 fully saturated rings. The topological polar surface area (TPSA) is 53.9 Å². The Balaban J connectivity index is 1.97. The number of hydrogen-bond donors (Lipinski definition) is 1. The number of pyridine rings is 1. The maximum atomic E-state index is 4.34. The lowest BCUT2D eigenvalue weighted by Gasteiger charge is -2.17. The van der Waals surface area contributed by atoms with Crippen LogP contribution in [0.3, 0.4) is 0 Å². The Kier molecular flexibility index (Phi) is 4.60. The zero-order chi connectivity index (χ0) is 12.8. The Labute approximate surface area is 111 Å². The van der Waals surface area contributed by atoms with Crippen molar-refractivity contribution in [2.45, 2.75) is 20.0 Å². The number of anilines is 1. The van der Waals surface area contributed by atoms with Gasteiger partial charge in [0.05, 0.1) is 12.2 Å². The monoisotopic (exact) mass is 263 g/mol. The Hall–Kier alpha value is -1.53. The Bertz CT molecular complexity index is 470. The standard InChI is InChI=1S/C12H17N5S/c1-3-17(8-10-6-4-5-7-14-10)9-11-15-16-12(13-2)18-11/h4-7H,3,8-9H2,1-2H3,(H,13,16). The summed E-state index contributed by atoms with van der Waals surface area (Å²) >= 11 is 1.59. The molecule has 0 atom stereocenters. The minimum atomic E-state index is 0.812. The van der Waals surface area contributed by atoms with Crippen molar-refractivity contribution in [2.75, 3.05) is 18.9 Å².